The standard InChI is InChI=1S/C13H16N4O3/c1-17-7-4-9(15-17)11-14-10(20-16-11)8-13(12(18)19)5-2-3-6-13/h4,7H,2-3,5-6,8H2,1H3,(H,18,19). The Bertz CT molecular complexity index is 625. The first-order chi connectivity index (χ1) is 9.59. The van der Waals surface area contributed by atoms with Crippen LogP contribution in [0.1, 0.15) is 31.6 Å². The molecule has 1 aliphatic carbocycles. The molecule has 106 valence electrons. The van der Waals surface area contributed by atoms with Gasteiger partial charge < -0.3 is 9.63 Å². The van der Waals surface area contributed by atoms with Crippen molar-refractivity contribution >= 4 is 5.97 Å². The van der Waals surface area contributed by atoms with Gasteiger partial charge in [-0.3, -0.25) is 9.48 Å². The Hall–Kier alpha value is -2.18. The van der Waals surface area contributed by atoms with Crippen molar-refractivity contribution in [2.24, 2.45) is 12.5 Å². The third-order valence-electron chi connectivity index (χ3n) is 3.91. The second-order valence-corrected chi connectivity index (χ2v) is 5.36. The Morgan fingerprint density at radius 2 is 2.25 bits per heavy atom. The number of aliphatic carboxylic acids is 1. The van der Waals surface area contributed by atoms with Gasteiger partial charge in [0.15, 0.2) is 0 Å². The van der Waals surface area contributed by atoms with E-state index in [1.165, 1.54) is 0 Å². The highest BCUT2D eigenvalue weighted by Gasteiger charge is 2.42. The van der Waals surface area contributed by atoms with E-state index >= 15 is 0 Å². The van der Waals surface area contributed by atoms with E-state index in [0.29, 0.717) is 36.7 Å². The lowest BCUT2D eigenvalue weighted by molar-refractivity contribution is -0.148. The summed E-state index contributed by atoms with van der Waals surface area (Å²) in [5.41, 5.74) is -0.119. The van der Waals surface area contributed by atoms with Gasteiger partial charge in [-0.05, 0) is 18.9 Å². The zero-order valence-corrected chi connectivity index (χ0v) is 11.2. The second kappa shape index (κ2) is 4.73. The number of nitrogens with zero attached hydrogens (tertiary/aromatic N) is 4. The molecule has 0 unspecified atom stereocenters. The summed E-state index contributed by atoms with van der Waals surface area (Å²) in [6.07, 6.45) is 5.30. The number of aromatic nitrogens is 4. The van der Waals surface area contributed by atoms with Crippen molar-refractivity contribution in [3.05, 3.63) is 18.2 Å². The molecule has 0 aromatic carbocycles. The fourth-order valence-electron chi connectivity index (χ4n) is 2.77. The van der Waals surface area contributed by atoms with Gasteiger partial charge in [0.2, 0.25) is 11.7 Å². The smallest absolute Gasteiger partial charge is 0.310 e. The van der Waals surface area contributed by atoms with Crippen LogP contribution in [0.25, 0.3) is 11.5 Å². The topological polar surface area (TPSA) is 94.0 Å². The van der Waals surface area contributed by atoms with Crippen LogP contribution in [0.3, 0.4) is 0 Å². The molecule has 2 aromatic rings. The van der Waals surface area contributed by atoms with Gasteiger partial charge in [-0.15, -0.1) is 0 Å². The van der Waals surface area contributed by atoms with E-state index in [0.717, 1.165) is 12.8 Å². The maximum absolute atomic E-state index is 11.5. The molecule has 1 fully saturated rings. The van der Waals surface area contributed by atoms with Gasteiger partial charge in [0.1, 0.15) is 5.69 Å². The molecule has 0 amide bonds. The number of carbonyl (C=O) groups is 1. The fraction of sp³-hybridized carbons (Fsp3) is 0.538. The minimum atomic E-state index is -0.771. The number of hydrogen-bond acceptors (Lipinski definition) is 5. The molecule has 1 saturated carbocycles. The molecule has 7 nitrogen and oxygen atoms in total. The first-order valence-corrected chi connectivity index (χ1v) is 6.65. The minimum absolute atomic E-state index is 0.294. The molecule has 0 aliphatic heterocycles. The normalized spacial score (nSPS) is 17.4. The van der Waals surface area contributed by atoms with Crippen LogP contribution in [0.2, 0.25) is 0 Å². The van der Waals surface area contributed by atoms with E-state index in [9.17, 15) is 9.90 Å². The van der Waals surface area contributed by atoms with E-state index in [2.05, 4.69) is 15.2 Å². The third-order valence-corrected chi connectivity index (χ3v) is 3.91. The molecule has 0 spiro atoms. The molecule has 0 radical (unpaired) electrons. The molecule has 20 heavy (non-hydrogen) atoms. The summed E-state index contributed by atoms with van der Waals surface area (Å²) in [5.74, 6) is 0.00155. The number of rotatable bonds is 4. The Morgan fingerprint density at radius 3 is 2.85 bits per heavy atom. The van der Waals surface area contributed by atoms with Crippen molar-refractivity contribution < 1.29 is 14.4 Å². The summed E-state index contributed by atoms with van der Waals surface area (Å²) < 4.78 is 6.85. The van der Waals surface area contributed by atoms with Crippen LogP contribution in [0, 0.1) is 5.41 Å². The van der Waals surface area contributed by atoms with Crippen LogP contribution >= 0.6 is 0 Å². The largest absolute Gasteiger partial charge is 0.481 e. The van der Waals surface area contributed by atoms with Crippen LogP contribution in [0.5, 0.6) is 0 Å². The summed E-state index contributed by atoms with van der Waals surface area (Å²) in [6, 6.07) is 1.79. The van der Waals surface area contributed by atoms with E-state index < -0.39 is 11.4 Å². The molecular formula is C13H16N4O3. The van der Waals surface area contributed by atoms with Crippen molar-refractivity contribution in [1.29, 1.82) is 0 Å². The average Bonchev–Trinajstić information content (AvgIpc) is 3.10. The summed E-state index contributed by atoms with van der Waals surface area (Å²) in [7, 11) is 1.81. The van der Waals surface area contributed by atoms with Crippen LogP contribution in [0.4, 0.5) is 0 Å². The quantitative estimate of drug-likeness (QED) is 0.912. The predicted molar refractivity (Wildman–Crippen MR) is 68.7 cm³/mol. The van der Waals surface area contributed by atoms with E-state index in [-0.39, 0.29) is 0 Å². The highest BCUT2D eigenvalue weighted by Crippen LogP contribution is 2.41. The van der Waals surface area contributed by atoms with Gasteiger partial charge in [0, 0.05) is 19.7 Å². The molecule has 0 saturated heterocycles. The molecule has 2 aromatic heterocycles. The number of carboxylic acids is 1. The first-order valence-electron chi connectivity index (χ1n) is 6.65. The van der Waals surface area contributed by atoms with Gasteiger partial charge in [0.25, 0.3) is 0 Å². The highest BCUT2D eigenvalue weighted by molar-refractivity contribution is 5.75. The molecule has 7 heteroatoms. The van der Waals surface area contributed by atoms with E-state index in [4.69, 9.17) is 4.52 Å². The lowest BCUT2D eigenvalue weighted by Gasteiger charge is -2.21. The monoisotopic (exact) mass is 276 g/mol. The number of hydrogen-bond donors (Lipinski definition) is 1. The maximum atomic E-state index is 11.5. The predicted octanol–water partition coefficient (Wildman–Crippen LogP) is 1.66. The van der Waals surface area contributed by atoms with Crippen LogP contribution in [-0.2, 0) is 18.3 Å². The SMILES string of the molecule is Cn1ccc(-c2noc(CC3(C(=O)O)CCCC3)n2)n1. The average molecular weight is 276 g/mol. The number of carboxylic acid groups (broad SMARTS) is 1. The van der Waals surface area contributed by atoms with E-state index in [1.54, 1.807) is 16.9 Å². The van der Waals surface area contributed by atoms with E-state index in [1.807, 2.05) is 7.05 Å². The molecule has 1 N–H and O–H groups in total. The third kappa shape index (κ3) is 2.19. The second-order valence-electron chi connectivity index (χ2n) is 5.36. The summed E-state index contributed by atoms with van der Waals surface area (Å²) in [6.45, 7) is 0. The molecule has 1 aliphatic rings. The van der Waals surface area contributed by atoms with Crippen molar-refractivity contribution in [3.8, 4) is 11.5 Å². The van der Waals surface area contributed by atoms with Crippen molar-refractivity contribution in [1.82, 2.24) is 19.9 Å². The van der Waals surface area contributed by atoms with Gasteiger partial charge in [-0.1, -0.05) is 18.0 Å². The molecule has 3 rings (SSSR count). The van der Waals surface area contributed by atoms with Crippen molar-refractivity contribution in [2.45, 2.75) is 32.1 Å². The zero-order chi connectivity index (χ0) is 14.2. The molecule has 0 bridgehead atoms. The maximum Gasteiger partial charge on any atom is 0.310 e. The molecule has 0 atom stereocenters. The van der Waals surface area contributed by atoms with Crippen LogP contribution < -0.4 is 0 Å². The van der Waals surface area contributed by atoms with Gasteiger partial charge in [-0.2, -0.15) is 10.1 Å². The Labute approximate surface area is 115 Å². The van der Waals surface area contributed by atoms with Gasteiger partial charge in [-0.25, -0.2) is 0 Å². The Kier molecular flexibility index (Phi) is 3.04. The Morgan fingerprint density at radius 1 is 1.50 bits per heavy atom. The highest BCUT2D eigenvalue weighted by atomic mass is 16.5. The lowest BCUT2D eigenvalue weighted by Crippen LogP contribution is -2.30. The van der Waals surface area contributed by atoms with Crippen LogP contribution in [-0.4, -0.2) is 31.0 Å². The zero-order valence-electron chi connectivity index (χ0n) is 11.2. The van der Waals surface area contributed by atoms with Crippen molar-refractivity contribution in [3.63, 3.8) is 0 Å². The summed E-state index contributed by atoms with van der Waals surface area (Å²) in [5, 5.41) is 17.5. The van der Waals surface area contributed by atoms with Gasteiger partial charge in [0.05, 0.1) is 5.41 Å². The van der Waals surface area contributed by atoms with Crippen molar-refractivity contribution in [2.75, 3.05) is 0 Å². The fourth-order valence-corrected chi connectivity index (χ4v) is 2.77. The molecular weight excluding hydrogens is 260 g/mol. The summed E-state index contributed by atoms with van der Waals surface area (Å²) in [4.78, 5) is 15.8. The molecule has 2 heterocycles. The first kappa shape index (κ1) is 12.8. The summed E-state index contributed by atoms with van der Waals surface area (Å²) >= 11 is 0. The number of aryl methyl sites for hydroxylation is 1. The van der Waals surface area contributed by atoms with Gasteiger partial charge >= 0.3 is 5.97 Å². The minimum Gasteiger partial charge on any atom is -0.481 e. The lowest BCUT2D eigenvalue weighted by atomic mass is 9.83. The Balaban J connectivity index is 1.82. The van der Waals surface area contributed by atoms with Crippen LogP contribution in [0.15, 0.2) is 16.8 Å².